The molecule has 2 fully saturated rings. The van der Waals surface area contributed by atoms with E-state index in [1.54, 1.807) is 70.2 Å². The van der Waals surface area contributed by atoms with Gasteiger partial charge in [-0.2, -0.15) is 0 Å². The zero-order valence-electron chi connectivity index (χ0n) is 39.2. The van der Waals surface area contributed by atoms with Gasteiger partial charge in [0.05, 0.1) is 0 Å². The number of nitrogens with one attached hydrogen (secondary N) is 5. The molecule has 19 heteroatoms. The number of fused-ring (bicyclic) bond motifs is 2. The third-order valence-electron chi connectivity index (χ3n) is 11.9. The van der Waals surface area contributed by atoms with Crippen LogP contribution in [0.2, 0.25) is 0 Å². The summed E-state index contributed by atoms with van der Waals surface area (Å²) >= 11 is 5.87. The zero-order chi connectivity index (χ0) is 49.7. The van der Waals surface area contributed by atoms with Gasteiger partial charge in [0.2, 0.25) is 29.5 Å². The fourth-order valence-corrected chi connectivity index (χ4v) is 8.05. The summed E-state index contributed by atoms with van der Waals surface area (Å²) in [6.45, 7) is 11.2. The minimum atomic E-state index is -1.71. The maximum atomic E-state index is 14.9. The molecule has 2 aliphatic heterocycles. The Kier molecular flexibility index (Phi) is 19.5. The molecule has 0 aromatic heterocycles. The van der Waals surface area contributed by atoms with Crippen molar-refractivity contribution in [2.24, 2.45) is 11.8 Å². The lowest BCUT2D eigenvalue weighted by molar-refractivity contribution is -0.165. The largest absolute Gasteiger partial charge is 0.508 e. The molecule has 0 radical (unpaired) electrons. The van der Waals surface area contributed by atoms with Gasteiger partial charge in [0.15, 0.2) is 0 Å². The van der Waals surface area contributed by atoms with Gasteiger partial charge >= 0.3 is 5.97 Å². The molecule has 2 aromatic carbocycles. The summed E-state index contributed by atoms with van der Waals surface area (Å²) in [5, 5.41) is 34.6. The van der Waals surface area contributed by atoms with Crippen LogP contribution >= 0.6 is 11.6 Å². The number of allylic oxidation sites excluding steroid dienone is 1. The van der Waals surface area contributed by atoms with Crippen molar-refractivity contribution in [2.45, 2.75) is 136 Å². The van der Waals surface area contributed by atoms with Crippen molar-refractivity contribution in [1.82, 2.24) is 36.4 Å². The Bertz CT molecular complexity index is 2180. The molecule has 8 atom stereocenters. The fourth-order valence-electron chi connectivity index (χ4n) is 7.82. The molecule has 2 saturated heterocycles. The van der Waals surface area contributed by atoms with Crippen molar-refractivity contribution in [1.29, 1.82) is 0 Å². The molecule has 2 bridgehead atoms. The van der Waals surface area contributed by atoms with Crippen molar-refractivity contribution in [2.75, 3.05) is 7.05 Å². The van der Waals surface area contributed by atoms with Crippen LogP contribution in [0, 0.1) is 11.8 Å². The van der Waals surface area contributed by atoms with Crippen LogP contribution in [0.5, 0.6) is 5.75 Å². The van der Waals surface area contributed by atoms with Gasteiger partial charge < -0.3 is 51.3 Å². The lowest BCUT2D eigenvalue weighted by atomic mass is 9.95. The van der Waals surface area contributed by atoms with E-state index in [0.717, 1.165) is 9.80 Å². The van der Waals surface area contributed by atoms with E-state index in [-0.39, 0.29) is 43.6 Å². The van der Waals surface area contributed by atoms with Gasteiger partial charge in [0.25, 0.3) is 11.8 Å². The van der Waals surface area contributed by atoms with Gasteiger partial charge in [-0.05, 0) is 73.8 Å². The predicted octanol–water partition coefficient (Wildman–Crippen LogP) is 2.45. The number of carbonyl (C=O) groups is 8. The van der Waals surface area contributed by atoms with Crippen LogP contribution in [0.3, 0.4) is 0 Å². The van der Waals surface area contributed by atoms with Crippen LogP contribution in [0.4, 0.5) is 0 Å². The number of amides is 7. The number of aromatic hydroxyl groups is 1. The highest BCUT2D eigenvalue weighted by atomic mass is 35.5. The van der Waals surface area contributed by atoms with Gasteiger partial charge in [0, 0.05) is 31.8 Å². The molecule has 2 aliphatic rings. The van der Waals surface area contributed by atoms with Crippen molar-refractivity contribution in [3.63, 3.8) is 0 Å². The van der Waals surface area contributed by atoms with E-state index < -0.39 is 108 Å². The number of halogens is 1. The quantitative estimate of drug-likeness (QED) is 0.120. The van der Waals surface area contributed by atoms with Crippen molar-refractivity contribution < 1.29 is 53.3 Å². The molecule has 7 amide bonds. The molecule has 67 heavy (non-hydrogen) atoms. The first-order valence-electron chi connectivity index (χ1n) is 22.5. The molecule has 2 aromatic rings. The molecule has 8 unspecified atom stereocenters. The SMILES string of the molecule is CC=C1NC(=O)C(NC(=O)C(NC(=O)CC(=CCl)CC)C(C)C)C(C)OC(=O)C(C(C)C)NC(=O)C(Cc2ccc(O)cc2)N(C)C(=O)C(Cc2ccccc2)N2C(=O)C(CCC2O)NC1=O. The smallest absolute Gasteiger partial charge is 0.329 e. The van der Waals surface area contributed by atoms with Crippen LogP contribution in [-0.2, 0) is 55.9 Å². The second-order valence-electron chi connectivity index (χ2n) is 17.5. The highest BCUT2D eigenvalue weighted by Gasteiger charge is 2.45. The van der Waals surface area contributed by atoms with E-state index in [4.69, 9.17) is 16.3 Å². The van der Waals surface area contributed by atoms with E-state index in [1.807, 2.05) is 6.92 Å². The Morgan fingerprint density at radius 1 is 0.896 bits per heavy atom. The number of phenolic OH excluding ortho intramolecular Hbond substituents is 1. The maximum absolute atomic E-state index is 14.9. The Hall–Kier alpha value is -6.27. The van der Waals surface area contributed by atoms with Gasteiger partial charge in [-0.3, -0.25) is 33.6 Å². The summed E-state index contributed by atoms with van der Waals surface area (Å²) in [5.74, 6) is -7.81. The van der Waals surface area contributed by atoms with Gasteiger partial charge in [-0.15, -0.1) is 0 Å². The molecule has 18 nitrogen and oxygen atoms in total. The lowest BCUT2D eigenvalue weighted by Crippen LogP contribution is -2.64. The van der Waals surface area contributed by atoms with Gasteiger partial charge in [-0.25, -0.2) is 4.79 Å². The number of carbonyl (C=O) groups excluding carboxylic acids is 8. The first-order valence-corrected chi connectivity index (χ1v) is 22.9. The third kappa shape index (κ3) is 14.1. The number of likely N-dealkylation sites (N-methyl/N-ethyl adjacent to an activating group) is 1. The van der Waals surface area contributed by atoms with E-state index in [2.05, 4.69) is 26.6 Å². The molecule has 0 aliphatic carbocycles. The second-order valence-corrected chi connectivity index (χ2v) is 17.7. The van der Waals surface area contributed by atoms with Crippen LogP contribution in [0.1, 0.15) is 85.3 Å². The monoisotopic (exact) mass is 949 g/mol. The number of esters is 1. The van der Waals surface area contributed by atoms with Crippen molar-refractivity contribution in [3.05, 3.63) is 88.6 Å². The van der Waals surface area contributed by atoms with Crippen molar-refractivity contribution in [3.8, 4) is 5.75 Å². The topological polar surface area (TPSA) is 253 Å². The van der Waals surface area contributed by atoms with E-state index >= 15 is 0 Å². The number of piperidine rings is 1. The number of aliphatic hydroxyl groups excluding tert-OH is 1. The summed E-state index contributed by atoms with van der Waals surface area (Å²) in [7, 11) is 1.37. The van der Waals surface area contributed by atoms with Crippen LogP contribution in [-0.4, -0.2) is 123 Å². The molecule has 364 valence electrons. The molecule has 4 rings (SSSR count). The fraction of sp³-hybridized carbons (Fsp3) is 0.500. The summed E-state index contributed by atoms with van der Waals surface area (Å²) in [6.07, 6.45) is -1.66. The molecule has 0 saturated carbocycles. The second kappa shape index (κ2) is 24.5. The molecular formula is C48H64ClN7O11. The highest BCUT2D eigenvalue weighted by molar-refractivity contribution is 6.25. The lowest BCUT2D eigenvalue weighted by Gasteiger charge is -2.43. The number of benzene rings is 2. The first-order chi connectivity index (χ1) is 31.7. The summed E-state index contributed by atoms with van der Waals surface area (Å²) in [4.78, 5) is 116. The van der Waals surface area contributed by atoms with Crippen LogP contribution < -0.4 is 26.6 Å². The van der Waals surface area contributed by atoms with Crippen LogP contribution in [0.15, 0.2) is 77.5 Å². The Balaban J connectivity index is 1.84. The summed E-state index contributed by atoms with van der Waals surface area (Å²) < 4.78 is 5.86. The minimum Gasteiger partial charge on any atom is -0.508 e. The highest BCUT2D eigenvalue weighted by Crippen LogP contribution is 2.26. The molecule has 2 heterocycles. The number of nitrogens with zero attached hydrogens (tertiary/aromatic N) is 2. The summed E-state index contributed by atoms with van der Waals surface area (Å²) in [5.41, 5.74) is 2.69. The predicted molar refractivity (Wildman–Crippen MR) is 248 cm³/mol. The number of phenols is 1. The Morgan fingerprint density at radius 2 is 1.52 bits per heavy atom. The van der Waals surface area contributed by atoms with E-state index in [0.29, 0.717) is 23.1 Å². The standard InChI is InChI=1S/C48H64ClN7O11/c1-9-29(25-49)24-37(58)52-39(26(3)4)44(62)54-41-28(7)67-48(66)40(27(5)6)53-43(61)35(22-31-16-18-32(57)19-17-31)55(8)47(65)36(23-30-14-12-11-13-15-30)56-38(59)21-20-34(46(56)64)51-42(60)33(10-2)50-45(41)63/h10-19,25-28,34-36,38-41,57,59H,9,20-24H2,1-8H3,(H,50,63)(H,51,60)(H,52,58)(H,53,61)(H,54,62). The van der Waals surface area contributed by atoms with E-state index in [1.165, 1.54) is 44.6 Å². The Morgan fingerprint density at radius 3 is 2.10 bits per heavy atom. The van der Waals surface area contributed by atoms with Gasteiger partial charge in [-0.1, -0.05) is 94.8 Å². The van der Waals surface area contributed by atoms with Crippen molar-refractivity contribution >= 4 is 58.9 Å². The minimum absolute atomic E-state index is 0.0449. The van der Waals surface area contributed by atoms with Gasteiger partial charge in [0.1, 0.15) is 60.0 Å². The number of ether oxygens (including phenoxy) is 1. The summed E-state index contributed by atoms with van der Waals surface area (Å²) in [6, 6.07) is 6.32. The first kappa shape index (κ1) is 53.3. The number of aliphatic hydroxyl groups is 1. The zero-order valence-corrected chi connectivity index (χ0v) is 40.0. The number of hydrogen-bond acceptors (Lipinski definition) is 11. The maximum Gasteiger partial charge on any atom is 0.329 e. The normalized spacial score (nSPS) is 25.0. The number of hydrogen-bond donors (Lipinski definition) is 7. The number of rotatable bonds is 12. The number of cyclic esters (lactones) is 1. The third-order valence-corrected chi connectivity index (χ3v) is 12.2. The average molecular weight is 951 g/mol. The average Bonchev–Trinajstić information content (AvgIpc) is 3.29. The van der Waals surface area contributed by atoms with Crippen LogP contribution in [0.25, 0.3) is 0 Å². The molecular weight excluding hydrogens is 886 g/mol. The molecule has 7 N–H and O–H groups in total. The molecule has 0 spiro atoms. The Labute approximate surface area is 396 Å². The van der Waals surface area contributed by atoms with E-state index in [9.17, 15) is 48.6 Å².